The zero-order chi connectivity index (χ0) is 22.5. The van der Waals surface area contributed by atoms with Gasteiger partial charge in [0.15, 0.2) is 5.65 Å². The van der Waals surface area contributed by atoms with Gasteiger partial charge >= 0.3 is 6.36 Å². The Balaban J connectivity index is 1.55. The van der Waals surface area contributed by atoms with Crippen molar-refractivity contribution in [3.8, 4) is 11.4 Å². The second kappa shape index (κ2) is 7.63. The molecule has 0 atom stereocenters. The highest BCUT2D eigenvalue weighted by atomic mass is 19.4. The molecule has 0 unspecified atom stereocenters. The third kappa shape index (κ3) is 3.57. The van der Waals surface area contributed by atoms with Crippen LogP contribution in [0.1, 0.15) is 30.9 Å². The molecule has 170 valence electrons. The minimum absolute atomic E-state index is 0.0880. The Bertz CT molecular complexity index is 1110. The van der Waals surface area contributed by atoms with Gasteiger partial charge in [0, 0.05) is 25.2 Å². The van der Waals surface area contributed by atoms with Crippen molar-refractivity contribution in [3.05, 3.63) is 42.2 Å². The number of aliphatic hydroxyl groups is 2. The third-order valence-electron chi connectivity index (χ3n) is 6.44. The van der Waals surface area contributed by atoms with Crippen LogP contribution < -0.4 is 9.64 Å². The quantitative estimate of drug-likeness (QED) is 0.602. The molecule has 0 amide bonds. The molecule has 2 aliphatic rings. The van der Waals surface area contributed by atoms with E-state index in [0.29, 0.717) is 30.3 Å². The molecule has 2 aromatic heterocycles. The molecule has 1 aromatic carbocycles. The maximum Gasteiger partial charge on any atom is 0.573 e. The molecule has 0 bridgehead atoms. The summed E-state index contributed by atoms with van der Waals surface area (Å²) in [7, 11) is 0. The Morgan fingerprint density at radius 3 is 2.31 bits per heavy atom. The van der Waals surface area contributed by atoms with Gasteiger partial charge in [0.1, 0.15) is 5.75 Å². The Labute approximate surface area is 182 Å². The van der Waals surface area contributed by atoms with Crippen LogP contribution in [0, 0.1) is 5.41 Å². The van der Waals surface area contributed by atoms with Gasteiger partial charge in [-0.2, -0.15) is 5.10 Å². The summed E-state index contributed by atoms with van der Waals surface area (Å²) in [6, 6.07) is 7.48. The molecule has 0 radical (unpaired) electrons. The van der Waals surface area contributed by atoms with Gasteiger partial charge in [-0.25, -0.2) is 9.67 Å². The zero-order valence-corrected chi connectivity index (χ0v) is 17.2. The summed E-state index contributed by atoms with van der Waals surface area (Å²) >= 11 is 0. The van der Waals surface area contributed by atoms with Crippen molar-refractivity contribution >= 4 is 16.7 Å². The van der Waals surface area contributed by atoms with Crippen LogP contribution in [0.3, 0.4) is 0 Å². The average molecular weight is 448 g/mol. The first-order valence-electron chi connectivity index (χ1n) is 10.5. The summed E-state index contributed by atoms with van der Waals surface area (Å²) in [4.78, 5) is 6.64. The van der Waals surface area contributed by atoms with Gasteiger partial charge in [-0.1, -0.05) is 6.42 Å². The van der Waals surface area contributed by atoms with E-state index in [2.05, 4.69) is 14.6 Å². The van der Waals surface area contributed by atoms with Gasteiger partial charge in [-0.3, -0.25) is 0 Å². The summed E-state index contributed by atoms with van der Waals surface area (Å²) < 4.78 is 43.1. The maximum absolute atomic E-state index is 12.5. The van der Waals surface area contributed by atoms with E-state index in [4.69, 9.17) is 5.10 Å². The smallest absolute Gasteiger partial charge is 0.406 e. The number of aromatic nitrogens is 3. The molecule has 1 saturated heterocycles. The molecule has 2 fully saturated rings. The Kier molecular flexibility index (Phi) is 5.01. The fourth-order valence-corrected chi connectivity index (χ4v) is 4.44. The van der Waals surface area contributed by atoms with Crippen LogP contribution in [-0.2, 0) is 0 Å². The number of rotatable bonds is 6. The normalized spacial score (nSPS) is 18.5. The first-order chi connectivity index (χ1) is 15.3. The van der Waals surface area contributed by atoms with Crippen LogP contribution in [0.25, 0.3) is 16.7 Å². The SMILES string of the molecule is OCC1(CO)CN(c2ccnc3c2c(C2CCC2)nn3-c2ccc(OC(F)(F)F)cc2)C1. The van der Waals surface area contributed by atoms with Crippen LogP contribution in [0.15, 0.2) is 36.5 Å². The molecular weight excluding hydrogens is 425 g/mol. The standard InChI is InChI=1S/C22H23F3N4O3/c23-22(24,25)32-16-6-4-15(5-7-16)29-20-18(19(27-29)14-2-1-3-14)17(8-9-26-20)28-10-21(11-28,12-30)13-31/h4-9,14,30-31H,1-3,10-13H2. The average Bonchev–Trinajstić information content (AvgIpc) is 3.06. The maximum atomic E-state index is 12.5. The van der Waals surface area contributed by atoms with Crippen LogP contribution in [0.5, 0.6) is 5.75 Å². The van der Waals surface area contributed by atoms with E-state index in [9.17, 15) is 23.4 Å². The summed E-state index contributed by atoms with van der Waals surface area (Å²) in [5.74, 6) is 0.00626. The van der Waals surface area contributed by atoms with Crippen LogP contribution in [0.4, 0.5) is 18.9 Å². The second-order valence-electron chi connectivity index (χ2n) is 8.67. The Hall–Kier alpha value is -2.85. The highest BCUT2D eigenvalue weighted by Gasteiger charge is 2.43. The fraction of sp³-hybridized carbons (Fsp3) is 0.455. The number of fused-ring (bicyclic) bond motifs is 1. The van der Waals surface area contributed by atoms with Gasteiger partial charge in [-0.15, -0.1) is 13.2 Å². The van der Waals surface area contributed by atoms with Gasteiger partial charge < -0.3 is 19.8 Å². The molecule has 0 spiro atoms. The number of anilines is 1. The molecular formula is C22H23F3N4O3. The monoisotopic (exact) mass is 448 g/mol. The highest BCUT2D eigenvalue weighted by Crippen LogP contribution is 2.44. The van der Waals surface area contributed by atoms with E-state index in [0.717, 1.165) is 36.0 Å². The Morgan fingerprint density at radius 1 is 1.06 bits per heavy atom. The number of hydrogen-bond donors (Lipinski definition) is 2. The number of nitrogens with zero attached hydrogens (tertiary/aromatic N) is 4. The largest absolute Gasteiger partial charge is 0.573 e. The lowest BCUT2D eigenvalue weighted by Gasteiger charge is -2.49. The van der Waals surface area contributed by atoms with Gasteiger partial charge in [0.2, 0.25) is 0 Å². The highest BCUT2D eigenvalue weighted by molar-refractivity contribution is 5.94. The molecule has 7 nitrogen and oxygen atoms in total. The van der Waals surface area contributed by atoms with Crippen molar-refractivity contribution in [1.82, 2.24) is 14.8 Å². The number of hydrogen-bond acceptors (Lipinski definition) is 6. The van der Waals surface area contributed by atoms with Crippen molar-refractivity contribution in [3.63, 3.8) is 0 Å². The molecule has 1 aliphatic heterocycles. The van der Waals surface area contributed by atoms with Crippen molar-refractivity contribution in [2.24, 2.45) is 5.41 Å². The number of halogens is 3. The summed E-state index contributed by atoms with van der Waals surface area (Å²) in [5, 5.41) is 25.1. The minimum Gasteiger partial charge on any atom is -0.406 e. The first kappa shape index (κ1) is 21.0. The zero-order valence-electron chi connectivity index (χ0n) is 17.2. The molecule has 1 saturated carbocycles. The number of aliphatic hydroxyl groups excluding tert-OH is 2. The number of pyridine rings is 1. The van der Waals surface area contributed by atoms with Gasteiger partial charge in [-0.05, 0) is 43.2 Å². The summed E-state index contributed by atoms with van der Waals surface area (Å²) in [5.41, 5.74) is 2.56. The predicted molar refractivity (Wildman–Crippen MR) is 111 cm³/mol. The van der Waals surface area contributed by atoms with Crippen LogP contribution in [0.2, 0.25) is 0 Å². The Morgan fingerprint density at radius 2 is 1.75 bits per heavy atom. The number of alkyl halides is 3. The number of benzene rings is 1. The predicted octanol–water partition coefficient (Wildman–Crippen LogP) is 3.38. The fourth-order valence-electron chi connectivity index (χ4n) is 4.44. The number of ether oxygens (including phenoxy) is 1. The molecule has 2 N–H and O–H groups in total. The molecule has 5 rings (SSSR count). The van der Waals surface area contributed by atoms with Gasteiger partial charge in [0.05, 0.1) is 41.1 Å². The van der Waals surface area contributed by atoms with E-state index >= 15 is 0 Å². The topological polar surface area (TPSA) is 83.6 Å². The van der Waals surface area contributed by atoms with Crippen molar-refractivity contribution < 1.29 is 28.1 Å². The molecule has 3 heterocycles. The molecule has 32 heavy (non-hydrogen) atoms. The summed E-state index contributed by atoms with van der Waals surface area (Å²) in [6.45, 7) is 0.875. The van der Waals surface area contributed by atoms with Crippen molar-refractivity contribution in [2.75, 3.05) is 31.2 Å². The van der Waals surface area contributed by atoms with E-state index in [1.807, 2.05) is 6.07 Å². The first-order valence-corrected chi connectivity index (χ1v) is 10.5. The lowest BCUT2D eigenvalue weighted by Crippen LogP contribution is -2.60. The molecule has 1 aliphatic carbocycles. The van der Waals surface area contributed by atoms with Crippen LogP contribution >= 0.6 is 0 Å². The second-order valence-corrected chi connectivity index (χ2v) is 8.67. The molecule has 3 aromatic rings. The van der Waals surface area contributed by atoms with E-state index in [1.165, 1.54) is 24.3 Å². The lowest BCUT2D eigenvalue weighted by atomic mass is 9.79. The third-order valence-corrected chi connectivity index (χ3v) is 6.44. The van der Waals surface area contributed by atoms with Crippen LogP contribution in [-0.4, -0.2) is 57.6 Å². The lowest BCUT2D eigenvalue weighted by molar-refractivity contribution is -0.274. The van der Waals surface area contributed by atoms with E-state index < -0.39 is 11.8 Å². The summed E-state index contributed by atoms with van der Waals surface area (Å²) in [6.07, 6.45) is 0.106. The molecule has 10 heteroatoms. The van der Waals surface area contributed by atoms with Crippen molar-refractivity contribution in [2.45, 2.75) is 31.5 Å². The van der Waals surface area contributed by atoms with E-state index in [-0.39, 0.29) is 19.0 Å². The van der Waals surface area contributed by atoms with Crippen molar-refractivity contribution in [1.29, 1.82) is 0 Å². The van der Waals surface area contributed by atoms with E-state index in [1.54, 1.807) is 10.9 Å². The van der Waals surface area contributed by atoms with Gasteiger partial charge in [0.25, 0.3) is 0 Å². The minimum atomic E-state index is -4.75.